The highest BCUT2D eigenvalue weighted by Crippen LogP contribution is 2.15. The lowest BCUT2D eigenvalue weighted by Crippen LogP contribution is -2.07. The molecule has 0 aliphatic rings. The van der Waals surface area contributed by atoms with Crippen LogP contribution in [-0.2, 0) is 0 Å². The summed E-state index contributed by atoms with van der Waals surface area (Å²) in [4.78, 5) is 15.6. The lowest BCUT2D eigenvalue weighted by Gasteiger charge is -2.07. The Labute approximate surface area is 124 Å². The van der Waals surface area contributed by atoms with Crippen LogP contribution >= 0.6 is 0 Å². The van der Waals surface area contributed by atoms with Gasteiger partial charge < -0.3 is 10.6 Å². The minimum atomic E-state index is 0.0488. The zero-order valence-electron chi connectivity index (χ0n) is 12.3. The molecule has 6 heteroatoms. The van der Waals surface area contributed by atoms with Gasteiger partial charge in [-0.1, -0.05) is 13.3 Å². The number of unbranched alkanes of at least 4 members (excludes halogenated alkanes) is 1. The van der Waals surface area contributed by atoms with Crippen molar-refractivity contribution >= 4 is 23.2 Å². The van der Waals surface area contributed by atoms with E-state index in [0.717, 1.165) is 25.1 Å². The van der Waals surface area contributed by atoms with Crippen LogP contribution in [0.4, 0.5) is 17.5 Å². The van der Waals surface area contributed by atoms with Crippen LogP contribution in [0.2, 0.25) is 0 Å². The van der Waals surface area contributed by atoms with Crippen molar-refractivity contribution in [2.45, 2.75) is 26.7 Å². The molecule has 2 N–H and O–H groups in total. The van der Waals surface area contributed by atoms with Crippen LogP contribution < -0.4 is 10.6 Å². The number of Topliss-reactive ketones (excluding diaryl/α,β-unsaturated/α-hetero) is 1. The molecule has 0 amide bonds. The lowest BCUT2D eigenvalue weighted by molar-refractivity contribution is 0.101. The quantitative estimate of drug-likeness (QED) is 0.601. The highest BCUT2D eigenvalue weighted by atomic mass is 16.1. The smallest absolute Gasteiger partial charge is 0.244 e. The number of hydrogen-bond acceptors (Lipinski definition) is 6. The highest BCUT2D eigenvalue weighted by molar-refractivity contribution is 5.94. The van der Waals surface area contributed by atoms with Gasteiger partial charge >= 0.3 is 0 Å². The molecule has 110 valence electrons. The van der Waals surface area contributed by atoms with E-state index in [2.05, 4.69) is 32.7 Å². The van der Waals surface area contributed by atoms with Crippen LogP contribution in [0.25, 0.3) is 0 Å². The van der Waals surface area contributed by atoms with E-state index in [0.29, 0.717) is 17.3 Å². The van der Waals surface area contributed by atoms with Crippen LogP contribution in [0.5, 0.6) is 0 Å². The molecule has 1 aromatic carbocycles. The van der Waals surface area contributed by atoms with Gasteiger partial charge in [-0.2, -0.15) is 10.1 Å². The maximum atomic E-state index is 11.2. The Bertz CT molecular complexity index is 597. The number of anilines is 3. The molecule has 0 bridgehead atoms. The van der Waals surface area contributed by atoms with E-state index in [4.69, 9.17) is 0 Å². The molecule has 2 rings (SSSR count). The van der Waals surface area contributed by atoms with E-state index in [1.165, 1.54) is 0 Å². The fraction of sp³-hybridized carbons (Fsp3) is 0.333. The summed E-state index contributed by atoms with van der Waals surface area (Å²) in [5, 5.41) is 14.1. The second-order valence-corrected chi connectivity index (χ2v) is 4.70. The number of benzene rings is 1. The molecule has 0 saturated carbocycles. The van der Waals surface area contributed by atoms with Gasteiger partial charge in [0.2, 0.25) is 5.95 Å². The number of nitrogens with one attached hydrogen (secondary N) is 2. The van der Waals surface area contributed by atoms with E-state index >= 15 is 0 Å². The third-order valence-electron chi connectivity index (χ3n) is 2.94. The van der Waals surface area contributed by atoms with Crippen LogP contribution in [0.1, 0.15) is 37.0 Å². The largest absolute Gasteiger partial charge is 0.353 e. The summed E-state index contributed by atoms with van der Waals surface area (Å²) < 4.78 is 0. The van der Waals surface area contributed by atoms with Crippen LogP contribution in [0, 0.1) is 0 Å². The fourth-order valence-corrected chi connectivity index (χ4v) is 1.75. The fourth-order valence-electron chi connectivity index (χ4n) is 1.75. The van der Waals surface area contributed by atoms with Gasteiger partial charge in [-0.3, -0.25) is 4.79 Å². The van der Waals surface area contributed by atoms with Crippen LogP contribution in [0.15, 0.2) is 30.5 Å². The summed E-state index contributed by atoms with van der Waals surface area (Å²) in [6, 6.07) is 7.23. The molecule has 0 radical (unpaired) electrons. The van der Waals surface area contributed by atoms with Gasteiger partial charge in [-0.25, -0.2) is 0 Å². The molecule has 0 fully saturated rings. The van der Waals surface area contributed by atoms with Crippen LogP contribution in [0.3, 0.4) is 0 Å². The molecule has 0 aliphatic carbocycles. The zero-order chi connectivity index (χ0) is 15.1. The van der Waals surface area contributed by atoms with Gasteiger partial charge in [-0.15, -0.1) is 5.10 Å². The molecule has 1 heterocycles. The van der Waals surface area contributed by atoms with Crippen molar-refractivity contribution in [1.29, 1.82) is 0 Å². The molecule has 0 unspecified atom stereocenters. The Kier molecular flexibility index (Phi) is 5.20. The van der Waals surface area contributed by atoms with E-state index in [-0.39, 0.29) is 5.78 Å². The number of carbonyl (C=O) groups is 1. The van der Waals surface area contributed by atoms with Crippen molar-refractivity contribution in [3.05, 3.63) is 36.0 Å². The van der Waals surface area contributed by atoms with Gasteiger partial charge in [-0.05, 0) is 37.6 Å². The first kappa shape index (κ1) is 14.9. The van der Waals surface area contributed by atoms with Gasteiger partial charge in [0, 0.05) is 17.8 Å². The van der Waals surface area contributed by atoms with Gasteiger partial charge in [0.15, 0.2) is 11.6 Å². The maximum Gasteiger partial charge on any atom is 0.244 e. The SMILES string of the molecule is CCCCNc1nncc(Nc2ccc(C(C)=O)cc2)n1. The lowest BCUT2D eigenvalue weighted by atomic mass is 10.1. The zero-order valence-corrected chi connectivity index (χ0v) is 12.3. The number of aromatic nitrogens is 3. The molecule has 0 spiro atoms. The molecule has 0 aliphatic heterocycles. The molecular weight excluding hydrogens is 266 g/mol. The van der Waals surface area contributed by atoms with Crippen molar-refractivity contribution in [3.63, 3.8) is 0 Å². The van der Waals surface area contributed by atoms with Crippen molar-refractivity contribution in [2.24, 2.45) is 0 Å². The van der Waals surface area contributed by atoms with E-state index in [9.17, 15) is 4.79 Å². The summed E-state index contributed by atoms with van der Waals surface area (Å²) >= 11 is 0. The second kappa shape index (κ2) is 7.33. The normalized spacial score (nSPS) is 10.2. The minimum Gasteiger partial charge on any atom is -0.353 e. The summed E-state index contributed by atoms with van der Waals surface area (Å²) in [6.07, 6.45) is 3.73. The molecule has 21 heavy (non-hydrogen) atoms. The average Bonchev–Trinajstić information content (AvgIpc) is 2.48. The third kappa shape index (κ3) is 4.52. The monoisotopic (exact) mass is 285 g/mol. The Hall–Kier alpha value is -2.50. The van der Waals surface area contributed by atoms with Crippen molar-refractivity contribution < 1.29 is 4.79 Å². The van der Waals surface area contributed by atoms with Gasteiger partial charge in [0.1, 0.15) is 0 Å². The summed E-state index contributed by atoms with van der Waals surface area (Å²) in [5.74, 6) is 1.17. The van der Waals surface area contributed by atoms with Crippen LogP contribution in [-0.4, -0.2) is 27.5 Å². The number of ketones is 1. The van der Waals surface area contributed by atoms with Crippen molar-refractivity contribution in [2.75, 3.05) is 17.2 Å². The molecule has 0 atom stereocenters. The standard InChI is InChI=1S/C15H19N5O/c1-3-4-9-16-15-19-14(10-17-20-15)18-13-7-5-12(6-8-13)11(2)21/h5-8,10H,3-4,9H2,1-2H3,(H2,16,18,19,20). The van der Waals surface area contributed by atoms with Gasteiger partial charge in [0.25, 0.3) is 0 Å². The molecule has 6 nitrogen and oxygen atoms in total. The summed E-state index contributed by atoms with van der Waals surface area (Å²) in [6.45, 7) is 4.50. The van der Waals surface area contributed by atoms with Crippen molar-refractivity contribution in [3.8, 4) is 0 Å². The van der Waals surface area contributed by atoms with Gasteiger partial charge in [0.05, 0.1) is 6.20 Å². The Morgan fingerprint density at radius 3 is 2.67 bits per heavy atom. The molecule has 2 aromatic rings. The predicted octanol–water partition coefficient (Wildman–Crippen LogP) is 3.03. The molecule has 0 saturated heterocycles. The number of hydrogen-bond donors (Lipinski definition) is 2. The number of nitrogens with zero attached hydrogens (tertiary/aromatic N) is 3. The molecular formula is C15H19N5O. The Morgan fingerprint density at radius 1 is 1.24 bits per heavy atom. The summed E-state index contributed by atoms with van der Waals surface area (Å²) in [5.41, 5.74) is 1.53. The topological polar surface area (TPSA) is 79.8 Å². The first-order valence-corrected chi connectivity index (χ1v) is 7.00. The maximum absolute atomic E-state index is 11.2. The molecule has 1 aromatic heterocycles. The minimum absolute atomic E-state index is 0.0488. The van der Waals surface area contributed by atoms with E-state index in [1.54, 1.807) is 25.3 Å². The summed E-state index contributed by atoms with van der Waals surface area (Å²) in [7, 11) is 0. The van der Waals surface area contributed by atoms with E-state index < -0.39 is 0 Å². The Morgan fingerprint density at radius 2 is 2.00 bits per heavy atom. The second-order valence-electron chi connectivity index (χ2n) is 4.70. The number of carbonyl (C=O) groups excluding carboxylic acids is 1. The average molecular weight is 285 g/mol. The third-order valence-corrected chi connectivity index (χ3v) is 2.94. The first-order chi connectivity index (χ1) is 10.2. The first-order valence-electron chi connectivity index (χ1n) is 7.00. The predicted molar refractivity (Wildman–Crippen MR) is 83.0 cm³/mol. The highest BCUT2D eigenvalue weighted by Gasteiger charge is 2.02. The number of rotatable bonds is 7. The van der Waals surface area contributed by atoms with E-state index in [1.807, 2.05) is 12.1 Å². The van der Waals surface area contributed by atoms with Crippen molar-refractivity contribution in [1.82, 2.24) is 15.2 Å². The Balaban J connectivity index is 2.01.